The minimum Gasteiger partial charge on any atom is -0.456 e. The van der Waals surface area contributed by atoms with Crippen LogP contribution in [0, 0.1) is 17.7 Å². The molecule has 13 heteroatoms. The minimum absolute atomic E-state index is 0.226. The SMILES string of the molecule is C/C=C\C.C=CC.Cc1ccc(-c2ccccc2-n2c3ccc(-c4cccc(C(=N)N(C)C=N)c4)nc3c3nc(-c4ccc5oc6ccc(-n7c8ccc(-c9cccc(-c%10nncn%10C)c9)cc8c8ncccc87)cc6c5c4)ccc32)n1C. The fourth-order valence-electron chi connectivity index (χ4n) is 10.9. The Bertz CT molecular complexity index is 4860. The number of rotatable bonds is 9. The highest BCUT2D eigenvalue weighted by molar-refractivity contribution is 6.11. The van der Waals surface area contributed by atoms with Crippen LogP contribution in [0.3, 0.4) is 0 Å². The van der Waals surface area contributed by atoms with E-state index in [2.05, 4.69) is 178 Å². The van der Waals surface area contributed by atoms with E-state index in [0.29, 0.717) is 5.56 Å². The summed E-state index contributed by atoms with van der Waals surface area (Å²) in [6.07, 6.45) is 10.5. The topological polar surface area (TPSA) is 148 Å². The maximum absolute atomic E-state index is 8.72. The lowest BCUT2D eigenvalue weighted by Gasteiger charge is -2.15. The highest BCUT2D eigenvalue weighted by atomic mass is 16.3. The molecule has 0 bridgehead atoms. The zero-order valence-corrected chi connectivity index (χ0v) is 47.3. The molecule has 0 spiro atoms. The predicted octanol–water partition coefficient (Wildman–Crippen LogP) is 16.7. The van der Waals surface area contributed by atoms with Gasteiger partial charge in [0.25, 0.3) is 0 Å². The molecule has 0 atom stereocenters. The number of benzene rings is 6. The number of para-hydroxylation sites is 1. The summed E-state index contributed by atoms with van der Waals surface area (Å²) in [5.41, 5.74) is 20.5. The molecular formula is C70H60N12O. The summed E-state index contributed by atoms with van der Waals surface area (Å²) in [4.78, 5) is 17.3. The molecule has 0 aliphatic carbocycles. The third-order valence-electron chi connectivity index (χ3n) is 15.3. The number of nitrogens with one attached hydrogen (secondary N) is 2. The van der Waals surface area contributed by atoms with Gasteiger partial charge in [0.2, 0.25) is 0 Å². The van der Waals surface area contributed by atoms with Gasteiger partial charge in [-0.15, -0.1) is 16.8 Å². The molecule has 13 nitrogen and oxygen atoms in total. The first-order chi connectivity index (χ1) is 40.5. The van der Waals surface area contributed by atoms with Crippen LogP contribution in [0.5, 0.6) is 0 Å². The molecule has 14 rings (SSSR count). The molecule has 0 aliphatic rings. The van der Waals surface area contributed by atoms with Gasteiger partial charge in [0.15, 0.2) is 5.82 Å². The standard InChI is InChI=1S/C63H46N12O.C4H8.C3H6/c1-37-17-23-51(73(37)4)45-14-5-6-15-52(45)75-55-25-21-49(40-11-8-12-42(31-40)62(65)71(2)35-64)68-60(55)61-56(75)26-22-50(69-61)41-19-27-57-46(33-41)47-34-44(20-28-58(47)76-57)74-53-24-18-39(32-48(53)59-54(74)16-9-29-66-59)38-10-7-13-43(30-38)63-70-67-36-72(63)3;1-3-4-2;1-3-2/h5-36,64-65H,1-4H3;3-4H,1-2H3;3H,1H2,2H3/b;4-3-;. The van der Waals surface area contributed by atoms with E-state index in [-0.39, 0.29) is 5.84 Å². The van der Waals surface area contributed by atoms with E-state index >= 15 is 0 Å². The largest absolute Gasteiger partial charge is 0.456 e. The number of allylic oxidation sites excluding steroid dienone is 3. The number of amidine groups is 1. The van der Waals surface area contributed by atoms with Gasteiger partial charge in [-0.2, -0.15) is 0 Å². The van der Waals surface area contributed by atoms with E-state index < -0.39 is 0 Å². The normalized spacial score (nSPS) is 11.4. The highest BCUT2D eigenvalue weighted by Gasteiger charge is 2.22. The van der Waals surface area contributed by atoms with Crippen molar-refractivity contribution in [2.75, 3.05) is 7.05 Å². The third-order valence-corrected chi connectivity index (χ3v) is 15.3. The number of nitrogens with zero attached hydrogens (tertiary/aromatic N) is 10. The Hall–Kier alpha value is -10.8. The molecule has 8 heterocycles. The van der Waals surface area contributed by atoms with Gasteiger partial charge >= 0.3 is 0 Å². The second kappa shape index (κ2) is 22.0. The van der Waals surface area contributed by atoms with Crippen LogP contribution in [0.25, 0.3) is 134 Å². The van der Waals surface area contributed by atoms with Gasteiger partial charge in [-0.05, 0) is 154 Å². The van der Waals surface area contributed by atoms with Gasteiger partial charge in [-0.25, -0.2) is 9.97 Å². The van der Waals surface area contributed by atoms with Crippen LogP contribution in [0.4, 0.5) is 0 Å². The second-order valence-electron chi connectivity index (χ2n) is 20.4. The van der Waals surface area contributed by atoms with Crippen LogP contribution < -0.4 is 0 Å². The van der Waals surface area contributed by atoms with Gasteiger partial charge in [-0.1, -0.05) is 78.9 Å². The van der Waals surface area contributed by atoms with Crippen LogP contribution >= 0.6 is 0 Å². The number of fused-ring (bicyclic) bond motifs is 9. The molecule has 0 unspecified atom stereocenters. The zero-order valence-electron chi connectivity index (χ0n) is 47.3. The smallest absolute Gasteiger partial charge is 0.163 e. The van der Waals surface area contributed by atoms with Gasteiger partial charge in [0.05, 0.1) is 56.7 Å². The van der Waals surface area contributed by atoms with Crippen molar-refractivity contribution in [1.82, 2.24) is 48.3 Å². The Labute approximate surface area is 480 Å². The quantitative estimate of drug-likeness (QED) is 0.0830. The molecular weight excluding hydrogens is 1020 g/mol. The van der Waals surface area contributed by atoms with E-state index in [4.69, 9.17) is 30.2 Å². The number of aryl methyl sites for hydroxylation is 2. The Morgan fingerprint density at radius 2 is 1.22 bits per heavy atom. The number of aromatic nitrogens is 9. The molecule has 83 heavy (non-hydrogen) atoms. The van der Waals surface area contributed by atoms with Crippen LogP contribution in [0.15, 0.2) is 218 Å². The first-order valence-electron chi connectivity index (χ1n) is 27.4. The highest BCUT2D eigenvalue weighted by Crippen LogP contribution is 2.41. The Morgan fingerprint density at radius 3 is 1.92 bits per heavy atom. The molecule has 14 aromatic rings. The van der Waals surface area contributed by atoms with Crippen molar-refractivity contribution in [3.05, 3.63) is 225 Å². The molecule has 0 fully saturated rings. The van der Waals surface area contributed by atoms with E-state index in [9.17, 15) is 0 Å². The third kappa shape index (κ3) is 9.43. The molecule has 0 saturated carbocycles. The monoisotopic (exact) mass is 1080 g/mol. The van der Waals surface area contributed by atoms with Crippen molar-refractivity contribution in [3.8, 4) is 67.7 Å². The fraction of sp³-hybridized carbons (Fsp3) is 0.100. The van der Waals surface area contributed by atoms with E-state index in [1.54, 1.807) is 19.5 Å². The lowest BCUT2D eigenvalue weighted by molar-refractivity contribution is 0.669. The molecule has 8 aromatic heterocycles. The number of pyridine rings is 3. The van der Waals surface area contributed by atoms with Crippen LogP contribution in [-0.4, -0.2) is 67.5 Å². The summed E-state index contributed by atoms with van der Waals surface area (Å²) >= 11 is 0. The Kier molecular flexibility index (Phi) is 14.0. The van der Waals surface area contributed by atoms with Gasteiger partial charge < -0.3 is 27.6 Å². The Morgan fingerprint density at radius 1 is 0.590 bits per heavy atom. The fourth-order valence-corrected chi connectivity index (χ4v) is 10.9. The molecule has 406 valence electrons. The van der Waals surface area contributed by atoms with E-state index in [1.165, 1.54) is 10.6 Å². The number of furan rings is 1. The summed E-state index contributed by atoms with van der Waals surface area (Å²) < 4.78 is 15.3. The summed E-state index contributed by atoms with van der Waals surface area (Å²) in [5.74, 6) is 1.04. The van der Waals surface area contributed by atoms with Crippen LogP contribution in [0.2, 0.25) is 0 Å². The minimum atomic E-state index is 0.226. The molecule has 0 amide bonds. The first-order valence-corrected chi connectivity index (χ1v) is 27.4. The molecule has 6 aromatic carbocycles. The summed E-state index contributed by atoms with van der Waals surface area (Å²) in [7, 11) is 5.76. The summed E-state index contributed by atoms with van der Waals surface area (Å²) in [6.45, 7) is 11.4. The average Bonchev–Trinajstić information content (AvgIpc) is 2.30. The van der Waals surface area contributed by atoms with Gasteiger partial charge in [-0.3, -0.25) is 15.8 Å². The van der Waals surface area contributed by atoms with Crippen molar-refractivity contribution in [2.45, 2.75) is 27.7 Å². The van der Waals surface area contributed by atoms with E-state index in [1.807, 2.05) is 93.2 Å². The molecule has 2 N–H and O–H groups in total. The van der Waals surface area contributed by atoms with Crippen LogP contribution in [-0.2, 0) is 14.1 Å². The maximum Gasteiger partial charge on any atom is 0.163 e. The maximum atomic E-state index is 8.72. The molecule has 0 aliphatic heterocycles. The number of hydrogen-bond donors (Lipinski definition) is 2. The lowest BCUT2D eigenvalue weighted by atomic mass is 10.0. The number of hydrogen-bond acceptors (Lipinski definition) is 8. The van der Waals surface area contributed by atoms with E-state index in [0.717, 1.165) is 140 Å². The molecule has 0 radical (unpaired) electrons. The van der Waals surface area contributed by atoms with Crippen molar-refractivity contribution < 1.29 is 4.42 Å². The van der Waals surface area contributed by atoms with Crippen molar-refractivity contribution in [2.24, 2.45) is 14.1 Å². The van der Waals surface area contributed by atoms with Crippen molar-refractivity contribution >= 4 is 78.1 Å². The van der Waals surface area contributed by atoms with Crippen molar-refractivity contribution in [3.63, 3.8) is 0 Å². The zero-order chi connectivity index (χ0) is 57.5. The average molecular weight is 1090 g/mol. The van der Waals surface area contributed by atoms with Gasteiger partial charge in [0.1, 0.15) is 34.4 Å². The van der Waals surface area contributed by atoms with Crippen molar-refractivity contribution in [1.29, 1.82) is 10.8 Å². The Balaban J connectivity index is 0.000000924. The predicted molar refractivity (Wildman–Crippen MR) is 341 cm³/mol. The second-order valence-corrected chi connectivity index (χ2v) is 20.4. The lowest BCUT2D eigenvalue weighted by Crippen LogP contribution is -2.24. The molecule has 0 saturated heterocycles. The summed E-state index contributed by atoms with van der Waals surface area (Å²) in [6, 6.07) is 60.9. The van der Waals surface area contributed by atoms with Crippen LogP contribution in [0.1, 0.15) is 32.0 Å². The summed E-state index contributed by atoms with van der Waals surface area (Å²) in [5, 5.41) is 27.9. The van der Waals surface area contributed by atoms with Gasteiger partial charge in [0, 0.05) is 82.7 Å². The first kappa shape index (κ1) is 52.9.